The molecule has 3 N–H and O–H groups in total. The number of nitrogens with one attached hydrogen (secondary N) is 3. The average Bonchev–Trinajstić information content (AvgIpc) is 3.16. The third-order valence-corrected chi connectivity index (χ3v) is 4.47. The van der Waals surface area contributed by atoms with Crippen molar-refractivity contribution in [3.63, 3.8) is 0 Å². The monoisotopic (exact) mass is 359 g/mol. The predicted octanol–water partition coefficient (Wildman–Crippen LogP) is 1.92. The summed E-state index contributed by atoms with van der Waals surface area (Å²) >= 11 is 0. The van der Waals surface area contributed by atoms with Gasteiger partial charge in [-0.3, -0.25) is 10.2 Å². The van der Waals surface area contributed by atoms with Gasteiger partial charge in [-0.15, -0.1) is 0 Å². The highest BCUT2D eigenvalue weighted by Gasteiger charge is 2.34. The minimum atomic E-state index is -0.294. The summed E-state index contributed by atoms with van der Waals surface area (Å²) in [5, 5.41) is 2.91. The van der Waals surface area contributed by atoms with E-state index in [9.17, 15) is 9.18 Å². The van der Waals surface area contributed by atoms with Crippen molar-refractivity contribution >= 4 is 5.91 Å². The first-order valence-electron chi connectivity index (χ1n) is 8.35. The summed E-state index contributed by atoms with van der Waals surface area (Å²) < 4.78 is 23.6. The molecule has 0 saturated carbocycles. The Morgan fingerprint density at radius 1 is 1.15 bits per heavy atom. The quantitative estimate of drug-likeness (QED) is 0.735. The fourth-order valence-corrected chi connectivity index (χ4v) is 3.03. The first-order valence-corrected chi connectivity index (χ1v) is 8.35. The largest absolute Gasteiger partial charge is 0.493 e. The summed E-state index contributed by atoms with van der Waals surface area (Å²) in [6.45, 7) is 0.864. The van der Waals surface area contributed by atoms with E-state index in [4.69, 9.17) is 9.47 Å². The summed E-state index contributed by atoms with van der Waals surface area (Å²) in [4.78, 5) is 12.6. The number of hydrogen-bond donors (Lipinski definition) is 3. The Bertz CT molecular complexity index is 767. The number of carbonyl (C=O) groups is 1. The highest BCUT2D eigenvalue weighted by Crippen LogP contribution is 2.33. The molecule has 0 radical (unpaired) electrons. The third kappa shape index (κ3) is 3.95. The maximum Gasteiger partial charge on any atom is 0.226 e. The van der Waals surface area contributed by atoms with E-state index in [0.717, 1.165) is 11.1 Å². The van der Waals surface area contributed by atoms with Crippen molar-refractivity contribution in [1.29, 1.82) is 0 Å². The molecule has 0 spiro atoms. The summed E-state index contributed by atoms with van der Waals surface area (Å²) in [7, 11) is 3.16. The molecule has 1 aliphatic heterocycles. The number of amides is 1. The molecular formula is C19H22FN3O3. The molecule has 1 saturated heterocycles. The number of hydrogen-bond acceptors (Lipinski definition) is 5. The Morgan fingerprint density at radius 2 is 1.88 bits per heavy atom. The molecule has 138 valence electrons. The van der Waals surface area contributed by atoms with E-state index in [-0.39, 0.29) is 23.7 Å². The van der Waals surface area contributed by atoms with Gasteiger partial charge in [-0.1, -0.05) is 18.2 Å². The number of benzene rings is 2. The maximum absolute atomic E-state index is 13.0. The molecule has 1 amide bonds. The van der Waals surface area contributed by atoms with Crippen LogP contribution < -0.4 is 25.6 Å². The van der Waals surface area contributed by atoms with Crippen LogP contribution in [0.25, 0.3) is 0 Å². The van der Waals surface area contributed by atoms with Gasteiger partial charge < -0.3 is 14.8 Å². The van der Waals surface area contributed by atoms with Crippen molar-refractivity contribution in [3.8, 4) is 11.5 Å². The number of ether oxygens (including phenoxy) is 2. The first kappa shape index (κ1) is 18.2. The van der Waals surface area contributed by atoms with Crippen LogP contribution in [0, 0.1) is 11.7 Å². The SMILES string of the molecule is COc1ccc(C2NNCC2C(=O)NCc2ccc(F)cc2)cc1OC. The Labute approximate surface area is 151 Å². The topological polar surface area (TPSA) is 71.6 Å². The van der Waals surface area contributed by atoms with E-state index in [1.54, 1.807) is 26.4 Å². The van der Waals surface area contributed by atoms with Crippen molar-refractivity contribution in [2.45, 2.75) is 12.6 Å². The van der Waals surface area contributed by atoms with Crippen molar-refractivity contribution in [1.82, 2.24) is 16.2 Å². The fourth-order valence-electron chi connectivity index (χ4n) is 3.03. The lowest BCUT2D eigenvalue weighted by atomic mass is 9.93. The second-order valence-electron chi connectivity index (χ2n) is 6.07. The Balaban J connectivity index is 1.69. The fraction of sp³-hybridized carbons (Fsp3) is 0.316. The summed E-state index contributed by atoms with van der Waals surface area (Å²) in [5.41, 5.74) is 7.96. The molecule has 2 aromatic carbocycles. The number of carbonyl (C=O) groups excluding carboxylic acids is 1. The highest BCUT2D eigenvalue weighted by molar-refractivity contribution is 5.80. The third-order valence-electron chi connectivity index (χ3n) is 4.47. The molecule has 0 aromatic heterocycles. The zero-order valence-corrected chi connectivity index (χ0v) is 14.7. The lowest BCUT2D eigenvalue weighted by molar-refractivity contribution is -0.125. The Morgan fingerprint density at radius 3 is 2.58 bits per heavy atom. The lowest BCUT2D eigenvalue weighted by Crippen LogP contribution is -2.34. The average molecular weight is 359 g/mol. The van der Waals surface area contributed by atoms with Crippen molar-refractivity contribution in [2.75, 3.05) is 20.8 Å². The first-order chi connectivity index (χ1) is 12.6. The van der Waals surface area contributed by atoms with Crippen molar-refractivity contribution in [2.24, 2.45) is 5.92 Å². The molecule has 2 atom stereocenters. The molecule has 3 rings (SSSR count). The van der Waals surface area contributed by atoms with E-state index in [2.05, 4.69) is 16.2 Å². The van der Waals surface area contributed by atoms with Gasteiger partial charge >= 0.3 is 0 Å². The van der Waals surface area contributed by atoms with Crippen LogP contribution in [0.2, 0.25) is 0 Å². The molecule has 0 aliphatic carbocycles. The van der Waals surface area contributed by atoms with Crippen LogP contribution in [-0.4, -0.2) is 26.7 Å². The van der Waals surface area contributed by atoms with Crippen LogP contribution in [0.4, 0.5) is 4.39 Å². The van der Waals surface area contributed by atoms with Gasteiger partial charge in [0.05, 0.1) is 26.2 Å². The summed E-state index contributed by atoms with van der Waals surface area (Å²) in [6, 6.07) is 11.5. The summed E-state index contributed by atoms with van der Waals surface area (Å²) in [5.74, 6) is 0.599. The number of rotatable bonds is 6. The number of methoxy groups -OCH3 is 2. The smallest absolute Gasteiger partial charge is 0.226 e. The predicted molar refractivity (Wildman–Crippen MR) is 95.2 cm³/mol. The minimum absolute atomic E-state index is 0.0772. The molecule has 1 heterocycles. The van der Waals surface area contributed by atoms with E-state index in [1.807, 2.05) is 18.2 Å². The molecule has 2 unspecified atom stereocenters. The van der Waals surface area contributed by atoms with Gasteiger partial charge in [0.15, 0.2) is 11.5 Å². The van der Waals surface area contributed by atoms with E-state index < -0.39 is 0 Å². The Kier molecular flexibility index (Phi) is 5.70. The molecule has 6 nitrogen and oxygen atoms in total. The van der Waals surface area contributed by atoms with Crippen LogP contribution in [0.15, 0.2) is 42.5 Å². The van der Waals surface area contributed by atoms with E-state index in [0.29, 0.717) is 24.6 Å². The van der Waals surface area contributed by atoms with Gasteiger partial charge in [-0.25, -0.2) is 9.82 Å². The van der Waals surface area contributed by atoms with E-state index >= 15 is 0 Å². The normalized spacial score (nSPS) is 19.2. The lowest BCUT2D eigenvalue weighted by Gasteiger charge is -2.20. The Hall–Kier alpha value is -2.64. The van der Waals surface area contributed by atoms with Gasteiger partial charge in [0.1, 0.15) is 5.82 Å². The maximum atomic E-state index is 13.0. The molecule has 1 fully saturated rings. The summed E-state index contributed by atoms with van der Waals surface area (Å²) in [6.07, 6.45) is 0. The standard InChI is InChI=1S/C19H22FN3O3/c1-25-16-8-5-13(9-17(16)26-2)18-15(11-22-23-18)19(24)21-10-12-3-6-14(20)7-4-12/h3-9,15,18,22-23H,10-11H2,1-2H3,(H,21,24). The molecule has 26 heavy (non-hydrogen) atoms. The molecular weight excluding hydrogens is 337 g/mol. The van der Waals surface area contributed by atoms with Crippen molar-refractivity contribution in [3.05, 3.63) is 59.4 Å². The zero-order valence-electron chi connectivity index (χ0n) is 14.7. The molecule has 0 bridgehead atoms. The molecule has 7 heteroatoms. The molecule has 1 aliphatic rings. The van der Waals surface area contributed by atoms with Crippen LogP contribution in [-0.2, 0) is 11.3 Å². The highest BCUT2D eigenvalue weighted by atomic mass is 19.1. The van der Waals surface area contributed by atoms with Crippen LogP contribution in [0.5, 0.6) is 11.5 Å². The minimum Gasteiger partial charge on any atom is -0.493 e. The van der Waals surface area contributed by atoms with Gasteiger partial charge in [0, 0.05) is 13.1 Å². The van der Waals surface area contributed by atoms with Gasteiger partial charge in [-0.05, 0) is 35.4 Å². The van der Waals surface area contributed by atoms with E-state index in [1.165, 1.54) is 12.1 Å². The van der Waals surface area contributed by atoms with Crippen LogP contribution in [0.3, 0.4) is 0 Å². The van der Waals surface area contributed by atoms with Gasteiger partial charge in [0.25, 0.3) is 0 Å². The van der Waals surface area contributed by atoms with Crippen molar-refractivity contribution < 1.29 is 18.7 Å². The van der Waals surface area contributed by atoms with Gasteiger partial charge in [-0.2, -0.15) is 0 Å². The number of hydrazine groups is 1. The van der Waals surface area contributed by atoms with Crippen LogP contribution in [0.1, 0.15) is 17.2 Å². The van der Waals surface area contributed by atoms with Gasteiger partial charge in [0.2, 0.25) is 5.91 Å². The van der Waals surface area contributed by atoms with Crippen LogP contribution >= 0.6 is 0 Å². The zero-order chi connectivity index (χ0) is 18.5. The molecule has 2 aromatic rings. The second kappa shape index (κ2) is 8.16. The number of halogens is 1. The second-order valence-corrected chi connectivity index (χ2v) is 6.07.